The molecule has 0 spiro atoms. The fourth-order valence-electron chi connectivity index (χ4n) is 4.20. The molecule has 0 atom stereocenters. The van der Waals surface area contributed by atoms with E-state index in [1.54, 1.807) is 0 Å². The molecule has 0 bridgehead atoms. The van der Waals surface area contributed by atoms with Crippen LogP contribution < -0.4 is 0 Å². The standard InChI is InChI=1S/C31H29N3/c1-31(2,3)27-21-19-26(20-22-27)30-33-32-29(34(30)28-13-9-6-10-14-28)25-17-15-24(16-18-25)23-11-7-4-5-8-12-23/h4-7,9-22H,8H2,1-3H3. The van der Waals surface area contributed by atoms with Crippen LogP contribution in [0.5, 0.6) is 0 Å². The van der Waals surface area contributed by atoms with Crippen molar-refractivity contribution in [3.63, 3.8) is 0 Å². The van der Waals surface area contributed by atoms with Crippen LogP contribution in [0.15, 0.2) is 109 Å². The lowest BCUT2D eigenvalue weighted by molar-refractivity contribution is 0.590. The second-order valence-corrected chi connectivity index (χ2v) is 9.61. The smallest absolute Gasteiger partial charge is 0.168 e. The Bertz CT molecular complexity index is 1360. The monoisotopic (exact) mass is 443 g/mol. The molecule has 0 N–H and O–H groups in total. The van der Waals surface area contributed by atoms with E-state index in [2.05, 4.69) is 127 Å². The minimum atomic E-state index is 0.108. The van der Waals surface area contributed by atoms with Crippen LogP contribution in [0.1, 0.15) is 38.3 Å². The molecule has 0 saturated carbocycles. The van der Waals surface area contributed by atoms with Gasteiger partial charge in [0.05, 0.1) is 0 Å². The number of para-hydroxylation sites is 1. The summed E-state index contributed by atoms with van der Waals surface area (Å²) in [7, 11) is 0. The van der Waals surface area contributed by atoms with Crippen LogP contribution in [0.25, 0.3) is 34.0 Å². The van der Waals surface area contributed by atoms with Gasteiger partial charge in [-0.25, -0.2) is 0 Å². The zero-order valence-electron chi connectivity index (χ0n) is 19.9. The molecule has 1 heterocycles. The van der Waals surface area contributed by atoms with E-state index >= 15 is 0 Å². The molecule has 1 aliphatic rings. The Balaban J connectivity index is 1.57. The van der Waals surface area contributed by atoms with Crippen molar-refractivity contribution in [1.82, 2.24) is 14.8 Å². The Morgan fingerprint density at radius 1 is 0.676 bits per heavy atom. The molecule has 3 heteroatoms. The third-order valence-corrected chi connectivity index (χ3v) is 6.16. The third-order valence-electron chi connectivity index (χ3n) is 6.16. The van der Waals surface area contributed by atoms with Gasteiger partial charge in [-0.15, -0.1) is 10.2 Å². The molecule has 168 valence electrons. The lowest BCUT2D eigenvalue weighted by Crippen LogP contribution is -2.10. The van der Waals surface area contributed by atoms with E-state index in [0.29, 0.717) is 0 Å². The topological polar surface area (TPSA) is 30.7 Å². The van der Waals surface area contributed by atoms with Gasteiger partial charge in [-0.2, -0.15) is 0 Å². The average Bonchev–Trinajstić information content (AvgIpc) is 3.12. The molecule has 34 heavy (non-hydrogen) atoms. The number of nitrogens with zero attached hydrogens (tertiary/aromatic N) is 3. The van der Waals surface area contributed by atoms with E-state index in [-0.39, 0.29) is 5.41 Å². The molecule has 0 radical (unpaired) electrons. The highest BCUT2D eigenvalue weighted by Crippen LogP contribution is 2.31. The number of hydrogen-bond acceptors (Lipinski definition) is 2. The predicted octanol–water partition coefficient (Wildman–Crippen LogP) is 7.80. The summed E-state index contributed by atoms with van der Waals surface area (Å²) in [6.07, 6.45) is 11.7. The van der Waals surface area contributed by atoms with Crippen LogP contribution in [0.2, 0.25) is 0 Å². The zero-order chi connectivity index (χ0) is 23.5. The van der Waals surface area contributed by atoms with E-state index in [4.69, 9.17) is 0 Å². The molecule has 0 aliphatic heterocycles. The van der Waals surface area contributed by atoms with Gasteiger partial charge in [-0.1, -0.05) is 118 Å². The summed E-state index contributed by atoms with van der Waals surface area (Å²) >= 11 is 0. The summed E-state index contributed by atoms with van der Waals surface area (Å²) in [4.78, 5) is 0. The molecule has 0 fully saturated rings. The number of rotatable bonds is 4. The maximum atomic E-state index is 4.64. The summed E-state index contributed by atoms with van der Waals surface area (Å²) in [5.74, 6) is 1.67. The fourth-order valence-corrected chi connectivity index (χ4v) is 4.20. The lowest BCUT2D eigenvalue weighted by atomic mass is 9.86. The molecule has 1 aliphatic carbocycles. The maximum absolute atomic E-state index is 4.64. The van der Waals surface area contributed by atoms with Crippen molar-refractivity contribution >= 4 is 5.57 Å². The average molecular weight is 444 g/mol. The van der Waals surface area contributed by atoms with Gasteiger partial charge in [0.1, 0.15) is 0 Å². The van der Waals surface area contributed by atoms with Gasteiger partial charge in [0.25, 0.3) is 0 Å². The number of allylic oxidation sites excluding steroid dienone is 6. The molecular formula is C31H29N3. The lowest BCUT2D eigenvalue weighted by Gasteiger charge is -2.19. The van der Waals surface area contributed by atoms with Gasteiger partial charge in [0.15, 0.2) is 11.6 Å². The largest absolute Gasteiger partial charge is 0.275 e. The van der Waals surface area contributed by atoms with Crippen LogP contribution in [0, 0.1) is 0 Å². The van der Waals surface area contributed by atoms with Crippen molar-refractivity contribution in [1.29, 1.82) is 0 Å². The highest BCUT2D eigenvalue weighted by atomic mass is 15.3. The molecule has 4 aromatic rings. The second kappa shape index (κ2) is 9.11. The molecule has 0 unspecified atom stereocenters. The van der Waals surface area contributed by atoms with Gasteiger partial charge < -0.3 is 0 Å². The van der Waals surface area contributed by atoms with Gasteiger partial charge in [-0.3, -0.25) is 4.57 Å². The maximum Gasteiger partial charge on any atom is 0.168 e. The molecule has 0 amide bonds. The second-order valence-electron chi connectivity index (χ2n) is 9.61. The Kier molecular flexibility index (Phi) is 5.85. The van der Waals surface area contributed by atoms with E-state index in [1.807, 2.05) is 18.2 Å². The normalized spacial score (nSPS) is 13.6. The highest BCUT2D eigenvalue weighted by molar-refractivity contribution is 5.76. The Morgan fingerprint density at radius 3 is 1.88 bits per heavy atom. The van der Waals surface area contributed by atoms with Crippen LogP contribution in [0.4, 0.5) is 0 Å². The molecule has 5 rings (SSSR count). The van der Waals surface area contributed by atoms with Crippen molar-refractivity contribution in [2.75, 3.05) is 0 Å². The first-order valence-corrected chi connectivity index (χ1v) is 11.8. The molecule has 0 saturated heterocycles. The van der Waals surface area contributed by atoms with E-state index in [1.165, 1.54) is 16.7 Å². The van der Waals surface area contributed by atoms with Crippen molar-refractivity contribution in [2.45, 2.75) is 32.6 Å². The summed E-state index contributed by atoms with van der Waals surface area (Å²) < 4.78 is 2.15. The van der Waals surface area contributed by atoms with E-state index < -0.39 is 0 Å². The summed E-state index contributed by atoms with van der Waals surface area (Å²) in [5.41, 5.74) is 6.98. The van der Waals surface area contributed by atoms with Crippen LogP contribution in [0.3, 0.4) is 0 Å². The molecular weight excluding hydrogens is 414 g/mol. The summed E-state index contributed by atoms with van der Waals surface area (Å²) in [6, 6.07) is 27.6. The van der Waals surface area contributed by atoms with Crippen molar-refractivity contribution < 1.29 is 0 Å². The van der Waals surface area contributed by atoms with E-state index in [9.17, 15) is 0 Å². The van der Waals surface area contributed by atoms with E-state index in [0.717, 1.165) is 34.9 Å². The van der Waals surface area contributed by atoms with Gasteiger partial charge in [0, 0.05) is 16.8 Å². The Labute approximate surface area is 201 Å². The molecule has 3 nitrogen and oxygen atoms in total. The van der Waals surface area contributed by atoms with Crippen LogP contribution >= 0.6 is 0 Å². The van der Waals surface area contributed by atoms with Crippen LogP contribution in [-0.4, -0.2) is 14.8 Å². The highest BCUT2D eigenvalue weighted by Gasteiger charge is 2.19. The molecule has 1 aromatic heterocycles. The minimum absolute atomic E-state index is 0.108. The van der Waals surface area contributed by atoms with Gasteiger partial charge >= 0.3 is 0 Å². The third kappa shape index (κ3) is 4.42. The Hall–Kier alpha value is -3.98. The number of benzene rings is 3. The zero-order valence-corrected chi connectivity index (χ0v) is 19.9. The quantitative estimate of drug-likeness (QED) is 0.322. The van der Waals surface area contributed by atoms with Crippen molar-refractivity contribution in [3.8, 4) is 28.5 Å². The van der Waals surface area contributed by atoms with Crippen LogP contribution in [-0.2, 0) is 5.41 Å². The number of hydrogen-bond donors (Lipinski definition) is 0. The minimum Gasteiger partial charge on any atom is -0.275 e. The first-order valence-electron chi connectivity index (χ1n) is 11.8. The van der Waals surface area contributed by atoms with Gasteiger partial charge in [-0.05, 0) is 40.7 Å². The summed E-state index contributed by atoms with van der Waals surface area (Å²) in [6.45, 7) is 6.69. The van der Waals surface area contributed by atoms with Gasteiger partial charge in [0.2, 0.25) is 0 Å². The van der Waals surface area contributed by atoms with Crippen molar-refractivity contribution in [2.24, 2.45) is 0 Å². The first-order chi connectivity index (χ1) is 16.5. The fraction of sp³-hybridized carbons (Fsp3) is 0.161. The SMILES string of the molecule is CC(C)(C)c1ccc(-c2nnc(-c3ccc(C4=CCC=CC=C4)cc3)n2-c2ccccc2)cc1. The Morgan fingerprint density at radius 2 is 1.26 bits per heavy atom. The summed E-state index contributed by atoms with van der Waals surface area (Å²) in [5, 5.41) is 9.28. The first kappa shape index (κ1) is 21.8. The van der Waals surface area contributed by atoms with Crippen molar-refractivity contribution in [3.05, 3.63) is 120 Å². The predicted molar refractivity (Wildman–Crippen MR) is 142 cm³/mol. The number of aromatic nitrogens is 3. The molecule has 3 aromatic carbocycles.